The number of fused-ring (bicyclic) bond motifs is 1. The van der Waals surface area contributed by atoms with E-state index in [1.54, 1.807) is 12.3 Å². The summed E-state index contributed by atoms with van der Waals surface area (Å²) in [5, 5.41) is 0.951. The third-order valence-electron chi connectivity index (χ3n) is 3.35. The maximum Gasteiger partial charge on any atom is 0.254 e. The molecule has 2 rings (SSSR count). The fraction of sp³-hybridized carbons (Fsp3) is 0.438. The number of rotatable bonds is 5. The van der Waals surface area contributed by atoms with E-state index in [0.29, 0.717) is 5.52 Å². The van der Waals surface area contributed by atoms with Gasteiger partial charge >= 0.3 is 0 Å². The molecule has 0 aliphatic heterocycles. The molecule has 1 heterocycles. The van der Waals surface area contributed by atoms with Gasteiger partial charge in [-0.25, -0.2) is 8.78 Å². The quantitative estimate of drug-likeness (QED) is 0.844. The Morgan fingerprint density at radius 2 is 1.95 bits per heavy atom. The summed E-state index contributed by atoms with van der Waals surface area (Å²) in [5.41, 5.74) is 1.70. The van der Waals surface area contributed by atoms with Crippen LogP contribution in [0.15, 0.2) is 30.5 Å². The molecule has 0 aliphatic rings. The van der Waals surface area contributed by atoms with Crippen molar-refractivity contribution < 1.29 is 13.6 Å². The molecule has 1 aromatic carbocycles. The molecule has 0 bridgehead atoms. The Balaban J connectivity index is 2.38. The number of halogens is 2. The first kappa shape index (κ1) is 15.6. The van der Waals surface area contributed by atoms with Crippen molar-refractivity contribution in [2.24, 2.45) is 0 Å². The number of carbonyl (C=O) groups excluding carboxylic acids is 1. The van der Waals surface area contributed by atoms with Crippen LogP contribution in [0.25, 0.3) is 10.9 Å². The largest absolute Gasteiger partial charge is 0.309 e. The molecule has 21 heavy (non-hydrogen) atoms. The summed E-state index contributed by atoms with van der Waals surface area (Å²) >= 11 is 0. The number of likely N-dealkylation sites (N-methyl/N-ethyl adjacent to an activating group) is 1. The highest BCUT2D eigenvalue weighted by Gasteiger charge is 2.27. The first-order chi connectivity index (χ1) is 9.78. The second kappa shape index (κ2) is 5.93. The Morgan fingerprint density at radius 3 is 2.57 bits per heavy atom. The molecule has 0 saturated carbocycles. The fourth-order valence-corrected chi connectivity index (χ4v) is 2.35. The van der Waals surface area contributed by atoms with Gasteiger partial charge in [0, 0.05) is 18.1 Å². The molecule has 2 aromatic rings. The van der Waals surface area contributed by atoms with Crippen molar-refractivity contribution >= 4 is 16.8 Å². The van der Waals surface area contributed by atoms with E-state index in [-0.39, 0.29) is 0 Å². The Hall–Kier alpha value is -1.75. The van der Waals surface area contributed by atoms with Gasteiger partial charge in [0.2, 0.25) is 5.91 Å². The van der Waals surface area contributed by atoms with Gasteiger partial charge in [0.05, 0.1) is 11.9 Å². The van der Waals surface area contributed by atoms with Gasteiger partial charge in [0.15, 0.2) is 0 Å². The molecule has 0 unspecified atom stereocenters. The van der Waals surface area contributed by atoms with Crippen LogP contribution in [0.1, 0.15) is 23.7 Å². The lowest BCUT2D eigenvalue weighted by atomic mass is 10.1. The summed E-state index contributed by atoms with van der Waals surface area (Å²) in [6.07, 6.45) is 1.69. The third kappa shape index (κ3) is 3.88. The molecule has 0 spiro atoms. The predicted molar refractivity (Wildman–Crippen MR) is 80.1 cm³/mol. The summed E-state index contributed by atoms with van der Waals surface area (Å²) in [4.78, 5) is 14.1. The zero-order chi connectivity index (χ0) is 15.6. The number of aromatic nitrogens is 1. The van der Waals surface area contributed by atoms with E-state index >= 15 is 0 Å². The Labute approximate surface area is 123 Å². The smallest absolute Gasteiger partial charge is 0.254 e. The summed E-state index contributed by atoms with van der Waals surface area (Å²) in [6.45, 7) is 1.61. The lowest BCUT2D eigenvalue weighted by Gasteiger charge is -2.10. The van der Waals surface area contributed by atoms with E-state index in [0.717, 1.165) is 30.8 Å². The van der Waals surface area contributed by atoms with Crippen molar-refractivity contribution in [1.82, 2.24) is 9.47 Å². The molecule has 1 aromatic heterocycles. The van der Waals surface area contributed by atoms with Gasteiger partial charge in [-0.3, -0.25) is 9.36 Å². The van der Waals surface area contributed by atoms with Crippen LogP contribution < -0.4 is 0 Å². The summed E-state index contributed by atoms with van der Waals surface area (Å²) in [5.74, 6) is -3.57. The van der Waals surface area contributed by atoms with E-state index in [9.17, 15) is 13.6 Å². The van der Waals surface area contributed by atoms with Gasteiger partial charge in [-0.05, 0) is 39.1 Å². The second-order valence-corrected chi connectivity index (χ2v) is 5.74. The van der Waals surface area contributed by atoms with Gasteiger partial charge in [0.25, 0.3) is 5.92 Å². The van der Waals surface area contributed by atoms with Gasteiger partial charge in [0.1, 0.15) is 0 Å². The average molecular weight is 294 g/mol. The van der Waals surface area contributed by atoms with Gasteiger partial charge in [-0.15, -0.1) is 0 Å². The van der Waals surface area contributed by atoms with Crippen LogP contribution in [0.2, 0.25) is 0 Å². The maximum absolute atomic E-state index is 13.1. The summed E-state index contributed by atoms with van der Waals surface area (Å²) in [6, 6.07) is 7.42. The van der Waals surface area contributed by atoms with Crippen LogP contribution in [0, 0.1) is 0 Å². The Bertz CT molecular complexity index is 641. The molecule has 114 valence electrons. The molecule has 5 heteroatoms. The molecule has 0 atom stereocenters. The van der Waals surface area contributed by atoms with Crippen LogP contribution >= 0.6 is 0 Å². The van der Waals surface area contributed by atoms with E-state index in [1.165, 1.54) is 4.57 Å². The number of carbonyl (C=O) groups is 1. The third-order valence-corrected chi connectivity index (χ3v) is 3.35. The van der Waals surface area contributed by atoms with Crippen LogP contribution in [0.3, 0.4) is 0 Å². The molecule has 0 amide bonds. The molecule has 0 saturated heterocycles. The SMILES string of the molecule is CN(C)CCc1cn(C(=O)CC(C)(F)F)c2ccccc12. The number of para-hydroxylation sites is 1. The molecule has 3 nitrogen and oxygen atoms in total. The minimum absolute atomic E-state index is 0.574. The topological polar surface area (TPSA) is 25.2 Å². The zero-order valence-electron chi connectivity index (χ0n) is 12.6. The minimum Gasteiger partial charge on any atom is -0.309 e. The van der Waals surface area contributed by atoms with Crippen LogP contribution in [-0.4, -0.2) is 41.9 Å². The fourth-order valence-electron chi connectivity index (χ4n) is 2.35. The minimum atomic E-state index is -2.99. The number of alkyl halides is 2. The molecule has 0 N–H and O–H groups in total. The van der Waals surface area contributed by atoms with Crippen LogP contribution in [-0.2, 0) is 6.42 Å². The first-order valence-corrected chi connectivity index (χ1v) is 6.92. The lowest BCUT2D eigenvalue weighted by Crippen LogP contribution is -2.21. The molecular formula is C16H20F2N2O. The van der Waals surface area contributed by atoms with Crippen molar-refractivity contribution in [2.75, 3.05) is 20.6 Å². The molecule has 0 radical (unpaired) electrons. The van der Waals surface area contributed by atoms with Crippen molar-refractivity contribution in [3.8, 4) is 0 Å². The van der Waals surface area contributed by atoms with Gasteiger partial charge < -0.3 is 4.90 Å². The Morgan fingerprint density at radius 1 is 1.29 bits per heavy atom. The molecule has 0 fully saturated rings. The maximum atomic E-state index is 13.1. The zero-order valence-corrected chi connectivity index (χ0v) is 12.6. The number of hydrogen-bond donors (Lipinski definition) is 0. The van der Waals surface area contributed by atoms with E-state index in [1.807, 2.05) is 37.2 Å². The number of benzene rings is 1. The van der Waals surface area contributed by atoms with E-state index in [4.69, 9.17) is 0 Å². The average Bonchev–Trinajstić information content (AvgIpc) is 2.73. The van der Waals surface area contributed by atoms with Gasteiger partial charge in [-0.2, -0.15) is 0 Å². The lowest BCUT2D eigenvalue weighted by molar-refractivity contribution is 0.0125. The number of hydrogen-bond acceptors (Lipinski definition) is 2. The highest BCUT2D eigenvalue weighted by molar-refractivity contribution is 5.94. The van der Waals surface area contributed by atoms with Crippen molar-refractivity contribution in [1.29, 1.82) is 0 Å². The van der Waals surface area contributed by atoms with Crippen molar-refractivity contribution in [3.63, 3.8) is 0 Å². The van der Waals surface area contributed by atoms with Crippen molar-refractivity contribution in [2.45, 2.75) is 25.7 Å². The first-order valence-electron chi connectivity index (χ1n) is 6.92. The van der Waals surface area contributed by atoms with Gasteiger partial charge in [-0.1, -0.05) is 18.2 Å². The van der Waals surface area contributed by atoms with E-state index < -0.39 is 18.3 Å². The summed E-state index contributed by atoms with van der Waals surface area (Å²) < 4.78 is 27.5. The number of nitrogens with zero attached hydrogens (tertiary/aromatic N) is 2. The monoisotopic (exact) mass is 294 g/mol. The standard InChI is InChI=1S/C16H20F2N2O/c1-16(17,18)10-15(21)20-11-12(8-9-19(2)3)13-6-4-5-7-14(13)20/h4-7,11H,8-10H2,1-3H3. The predicted octanol–water partition coefficient (Wildman–Crippen LogP) is 3.43. The molecule has 0 aliphatic carbocycles. The Kier molecular flexibility index (Phi) is 4.42. The highest BCUT2D eigenvalue weighted by atomic mass is 19.3. The second-order valence-electron chi connectivity index (χ2n) is 5.74. The molecular weight excluding hydrogens is 274 g/mol. The van der Waals surface area contributed by atoms with E-state index in [2.05, 4.69) is 0 Å². The highest BCUT2D eigenvalue weighted by Crippen LogP contribution is 2.25. The van der Waals surface area contributed by atoms with Crippen molar-refractivity contribution in [3.05, 3.63) is 36.0 Å². The van der Waals surface area contributed by atoms with Crippen LogP contribution in [0.4, 0.5) is 8.78 Å². The normalized spacial score (nSPS) is 12.3. The summed E-state index contributed by atoms with van der Waals surface area (Å²) in [7, 11) is 3.95. The van der Waals surface area contributed by atoms with Crippen LogP contribution in [0.5, 0.6) is 0 Å².